The molecule has 0 aromatic heterocycles. The molecule has 1 fully saturated rings. The van der Waals surface area contributed by atoms with Gasteiger partial charge in [-0.05, 0) is 42.7 Å². The van der Waals surface area contributed by atoms with Gasteiger partial charge in [-0.2, -0.15) is 0 Å². The zero-order valence-electron chi connectivity index (χ0n) is 14.5. The van der Waals surface area contributed by atoms with Crippen molar-refractivity contribution < 1.29 is 14.5 Å². The molecule has 7 nitrogen and oxygen atoms in total. The van der Waals surface area contributed by atoms with Gasteiger partial charge in [0.25, 0.3) is 17.5 Å². The second-order valence-electron chi connectivity index (χ2n) is 6.50. The monoisotopic (exact) mass is 363 g/mol. The highest BCUT2D eigenvalue weighted by atomic mass is 16.6. The number of likely N-dealkylation sites (tertiary alicyclic amines) is 1. The summed E-state index contributed by atoms with van der Waals surface area (Å²) in [7, 11) is 0. The van der Waals surface area contributed by atoms with Gasteiger partial charge in [0, 0.05) is 25.2 Å². The number of benzene rings is 2. The molecule has 0 bridgehead atoms. The molecule has 4 rings (SSSR count). The number of amides is 2. The van der Waals surface area contributed by atoms with Crippen LogP contribution in [0.1, 0.15) is 18.4 Å². The lowest BCUT2D eigenvalue weighted by Gasteiger charge is -2.20. The maximum Gasteiger partial charge on any atom is 0.282 e. The topological polar surface area (TPSA) is 83.8 Å². The van der Waals surface area contributed by atoms with Crippen LogP contribution in [-0.4, -0.2) is 34.7 Å². The lowest BCUT2D eigenvalue weighted by atomic mass is 10.0. The summed E-state index contributed by atoms with van der Waals surface area (Å²) in [5, 5.41) is 10.9. The van der Waals surface area contributed by atoms with Crippen molar-refractivity contribution in [2.45, 2.75) is 12.8 Å². The van der Waals surface area contributed by atoms with E-state index in [9.17, 15) is 19.7 Å². The molecule has 0 spiro atoms. The first kappa shape index (κ1) is 17.0. The van der Waals surface area contributed by atoms with Gasteiger partial charge >= 0.3 is 0 Å². The lowest BCUT2D eigenvalue weighted by molar-refractivity contribution is -0.384. The van der Waals surface area contributed by atoms with Crippen LogP contribution in [-0.2, 0) is 9.59 Å². The van der Waals surface area contributed by atoms with E-state index in [1.54, 1.807) is 24.3 Å². The summed E-state index contributed by atoms with van der Waals surface area (Å²) < 4.78 is 0. The quantitative estimate of drug-likeness (QED) is 0.474. The smallest absolute Gasteiger partial charge is 0.282 e. The molecule has 1 saturated heterocycles. The summed E-state index contributed by atoms with van der Waals surface area (Å²) >= 11 is 0. The summed E-state index contributed by atoms with van der Waals surface area (Å²) in [6.45, 7) is 1.43. The Hall–Kier alpha value is -3.48. The van der Waals surface area contributed by atoms with E-state index in [4.69, 9.17) is 0 Å². The normalized spacial score (nSPS) is 17.2. The third-order valence-electron chi connectivity index (χ3n) is 4.86. The van der Waals surface area contributed by atoms with Gasteiger partial charge in [-0.15, -0.1) is 0 Å². The van der Waals surface area contributed by atoms with E-state index >= 15 is 0 Å². The van der Waals surface area contributed by atoms with Gasteiger partial charge in [0.05, 0.1) is 16.2 Å². The fourth-order valence-electron chi connectivity index (χ4n) is 3.57. The Morgan fingerprint density at radius 2 is 1.48 bits per heavy atom. The molecule has 0 saturated carbocycles. The van der Waals surface area contributed by atoms with Crippen LogP contribution in [0.5, 0.6) is 0 Å². The molecule has 2 heterocycles. The Morgan fingerprint density at radius 1 is 0.852 bits per heavy atom. The zero-order chi connectivity index (χ0) is 19.0. The van der Waals surface area contributed by atoms with Crippen molar-refractivity contribution in [2.24, 2.45) is 0 Å². The number of nitro benzene ring substituents is 1. The Morgan fingerprint density at radius 3 is 2.07 bits per heavy atom. The van der Waals surface area contributed by atoms with Crippen molar-refractivity contribution in [1.82, 2.24) is 4.90 Å². The molecule has 2 aromatic carbocycles. The number of nitro groups is 1. The van der Waals surface area contributed by atoms with E-state index in [-0.39, 0.29) is 11.6 Å². The molecule has 2 aliphatic rings. The maximum absolute atomic E-state index is 13.2. The molecule has 27 heavy (non-hydrogen) atoms. The van der Waals surface area contributed by atoms with Crippen molar-refractivity contribution in [1.29, 1.82) is 0 Å². The van der Waals surface area contributed by atoms with Gasteiger partial charge in [-0.1, -0.05) is 18.2 Å². The van der Waals surface area contributed by atoms with E-state index < -0.39 is 10.8 Å². The van der Waals surface area contributed by atoms with Crippen LogP contribution in [0.3, 0.4) is 0 Å². The number of carbonyl (C=O) groups excluding carboxylic acids is 2. The Kier molecular flexibility index (Phi) is 4.19. The van der Waals surface area contributed by atoms with Crippen LogP contribution in [0, 0.1) is 10.1 Å². The van der Waals surface area contributed by atoms with Gasteiger partial charge in [-0.3, -0.25) is 19.7 Å². The number of rotatable bonds is 4. The molecular weight excluding hydrogens is 346 g/mol. The predicted octanol–water partition coefficient (Wildman–Crippen LogP) is 2.98. The van der Waals surface area contributed by atoms with Crippen LogP contribution < -0.4 is 4.90 Å². The molecule has 136 valence electrons. The molecule has 0 aliphatic carbocycles. The Bertz CT molecular complexity index is 945. The van der Waals surface area contributed by atoms with Crippen LogP contribution in [0.15, 0.2) is 60.3 Å². The average molecular weight is 363 g/mol. The minimum Gasteiger partial charge on any atom is -0.366 e. The molecule has 0 N–H and O–H groups in total. The number of non-ortho nitro benzene ring substituents is 1. The number of hydrogen-bond donors (Lipinski definition) is 0. The van der Waals surface area contributed by atoms with E-state index in [0.717, 1.165) is 12.8 Å². The zero-order valence-corrected chi connectivity index (χ0v) is 14.5. The SMILES string of the molecule is O=C1C(c2ccc([N+](=O)[O-])cc2)=C(N2CCCC2)C(=O)N1c1ccccc1. The first-order valence-electron chi connectivity index (χ1n) is 8.76. The van der Waals surface area contributed by atoms with Gasteiger partial charge in [0.15, 0.2) is 0 Å². The summed E-state index contributed by atoms with van der Waals surface area (Å²) in [5.74, 6) is -0.747. The number of imide groups is 1. The van der Waals surface area contributed by atoms with Crippen molar-refractivity contribution in [3.63, 3.8) is 0 Å². The second kappa shape index (κ2) is 6.68. The van der Waals surface area contributed by atoms with Crippen molar-refractivity contribution in [2.75, 3.05) is 18.0 Å². The minimum atomic E-state index is -0.489. The molecular formula is C20H17N3O4. The Labute approximate surface area is 155 Å². The number of hydrogen-bond acceptors (Lipinski definition) is 5. The number of para-hydroxylation sites is 1. The molecule has 7 heteroatoms. The van der Waals surface area contributed by atoms with E-state index in [2.05, 4.69) is 0 Å². The molecule has 2 aliphatic heterocycles. The van der Waals surface area contributed by atoms with Gasteiger partial charge in [0.1, 0.15) is 5.70 Å². The third kappa shape index (κ3) is 2.87. The fraction of sp³-hybridized carbons (Fsp3) is 0.200. The second-order valence-corrected chi connectivity index (χ2v) is 6.50. The number of nitrogens with zero attached hydrogens (tertiary/aromatic N) is 3. The first-order valence-corrected chi connectivity index (χ1v) is 8.76. The molecule has 0 unspecified atom stereocenters. The first-order chi connectivity index (χ1) is 13.1. The van der Waals surface area contributed by atoms with Crippen LogP contribution in [0.4, 0.5) is 11.4 Å². The van der Waals surface area contributed by atoms with Crippen molar-refractivity contribution in [3.05, 3.63) is 76.0 Å². The highest BCUT2D eigenvalue weighted by molar-refractivity contribution is 6.45. The van der Waals surface area contributed by atoms with E-state index in [1.165, 1.54) is 29.2 Å². The number of anilines is 1. The third-order valence-corrected chi connectivity index (χ3v) is 4.86. The molecule has 2 aromatic rings. The summed E-state index contributed by atoms with van der Waals surface area (Å²) in [6.07, 6.45) is 1.92. The van der Waals surface area contributed by atoms with Gasteiger partial charge < -0.3 is 4.90 Å². The average Bonchev–Trinajstić information content (AvgIpc) is 3.28. The molecule has 0 atom stereocenters. The van der Waals surface area contributed by atoms with Crippen LogP contribution in [0.2, 0.25) is 0 Å². The molecule has 0 radical (unpaired) electrons. The molecule has 2 amide bonds. The highest BCUT2D eigenvalue weighted by Gasteiger charge is 2.42. The van der Waals surface area contributed by atoms with Gasteiger partial charge in [-0.25, -0.2) is 4.90 Å². The van der Waals surface area contributed by atoms with Crippen molar-refractivity contribution >= 4 is 28.8 Å². The van der Waals surface area contributed by atoms with E-state index in [0.29, 0.717) is 35.6 Å². The standard InChI is InChI=1S/C20H17N3O4/c24-19-17(14-8-10-16(11-9-14)23(26)27)18(21-12-4-5-13-21)20(25)22(19)15-6-2-1-3-7-15/h1-3,6-11H,4-5,12-13H2. The maximum atomic E-state index is 13.2. The van der Waals surface area contributed by atoms with Crippen LogP contribution in [0.25, 0.3) is 5.57 Å². The van der Waals surface area contributed by atoms with Gasteiger partial charge in [0.2, 0.25) is 0 Å². The summed E-state index contributed by atoms with van der Waals surface area (Å²) in [5.41, 5.74) is 1.66. The largest absolute Gasteiger partial charge is 0.366 e. The fourth-order valence-corrected chi connectivity index (χ4v) is 3.57. The van der Waals surface area contributed by atoms with Crippen LogP contribution >= 0.6 is 0 Å². The van der Waals surface area contributed by atoms with E-state index in [1.807, 2.05) is 11.0 Å². The summed E-state index contributed by atoms with van der Waals surface area (Å²) in [6, 6.07) is 14.6. The highest BCUT2D eigenvalue weighted by Crippen LogP contribution is 2.36. The Balaban J connectivity index is 1.82. The minimum absolute atomic E-state index is 0.0567. The number of carbonyl (C=O) groups is 2. The lowest BCUT2D eigenvalue weighted by Crippen LogP contribution is -2.34. The van der Waals surface area contributed by atoms with Crippen molar-refractivity contribution in [3.8, 4) is 0 Å². The predicted molar refractivity (Wildman–Crippen MR) is 99.8 cm³/mol. The summed E-state index contributed by atoms with van der Waals surface area (Å²) in [4.78, 5) is 39.9.